The average Bonchev–Trinajstić information content (AvgIpc) is 3.45. The number of rotatable bonds is 7. The van der Waals surface area contributed by atoms with Gasteiger partial charge in [0, 0.05) is 18.3 Å². The zero-order valence-corrected chi connectivity index (χ0v) is 21.8. The summed E-state index contributed by atoms with van der Waals surface area (Å²) in [6.07, 6.45) is 0.750. The van der Waals surface area contributed by atoms with E-state index in [-0.39, 0.29) is 42.0 Å². The third-order valence-corrected chi connectivity index (χ3v) is 10.3. The number of carbonyl (C=O) groups is 3. The molecule has 190 valence electrons. The van der Waals surface area contributed by atoms with Gasteiger partial charge in [-0.15, -0.1) is 11.8 Å². The Bertz CT molecular complexity index is 1170. The second-order valence-corrected chi connectivity index (χ2v) is 11.9. The first-order valence-corrected chi connectivity index (χ1v) is 13.5. The van der Waals surface area contributed by atoms with Gasteiger partial charge in [0.2, 0.25) is 17.7 Å². The van der Waals surface area contributed by atoms with E-state index in [1.807, 2.05) is 49.4 Å². The normalized spacial score (nSPS) is 30.4. The van der Waals surface area contributed by atoms with Crippen LogP contribution < -0.4 is 10.6 Å². The van der Waals surface area contributed by atoms with Gasteiger partial charge < -0.3 is 20.6 Å². The first kappa shape index (κ1) is 25.1. The average molecular weight is 528 g/mol. The van der Waals surface area contributed by atoms with Gasteiger partial charge in [-0.05, 0) is 36.5 Å². The molecule has 5 rings (SSSR count). The van der Waals surface area contributed by atoms with Gasteiger partial charge in [-0.1, -0.05) is 61.0 Å². The number of aryl methyl sites for hydroxylation is 1. The molecule has 3 heterocycles. The van der Waals surface area contributed by atoms with E-state index in [1.165, 1.54) is 4.90 Å². The van der Waals surface area contributed by atoms with Crippen LogP contribution in [0.2, 0.25) is 5.02 Å². The zero-order chi connectivity index (χ0) is 25.6. The molecule has 2 aromatic carbocycles. The van der Waals surface area contributed by atoms with Crippen LogP contribution in [-0.4, -0.2) is 56.9 Å². The van der Waals surface area contributed by atoms with Crippen LogP contribution in [0.25, 0.3) is 0 Å². The molecule has 0 radical (unpaired) electrons. The van der Waals surface area contributed by atoms with Crippen molar-refractivity contribution in [1.82, 2.24) is 10.2 Å². The van der Waals surface area contributed by atoms with Gasteiger partial charge >= 0.3 is 0 Å². The molecule has 3 fully saturated rings. The maximum Gasteiger partial charge on any atom is 0.248 e. The van der Waals surface area contributed by atoms with Gasteiger partial charge in [-0.3, -0.25) is 14.4 Å². The Kier molecular flexibility index (Phi) is 6.78. The summed E-state index contributed by atoms with van der Waals surface area (Å²) >= 11 is 7.99. The predicted molar refractivity (Wildman–Crippen MR) is 141 cm³/mol. The lowest BCUT2D eigenvalue weighted by Gasteiger charge is -2.38. The van der Waals surface area contributed by atoms with Crippen molar-refractivity contribution in [3.05, 3.63) is 64.7 Å². The number of nitrogens with zero attached hydrogens (tertiary/aromatic N) is 1. The number of nitrogens with one attached hydrogen (secondary N) is 2. The molecular formula is C27H30ClN3O4S. The second-order valence-electron chi connectivity index (χ2n) is 9.93. The van der Waals surface area contributed by atoms with Crippen LogP contribution >= 0.6 is 23.4 Å². The molecule has 7 nitrogen and oxygen atoms in total. The molecule has 3 unspecified atom stereocenters. The van der Waals surface area contributed by atoms with Crippen LogP contribution in [0.1, 0.15) is 24.5 Å². The van der Waals surface area contributed by atoms with E-state index in [9.17, 15) is 19.5 Å². The van der Waals surface area contributed by atoms with Crippen LogP contribution in [0.3, 0.4) is 0 Å². The third-order valence-electron chi connectivity index (χ3n) is 7.92. The smallest absolute Gasteiger partial charge is 0.248 e. The summed E-state index contributed by atoms with van der Waals surface area (Å²) in [4.78, 5) is 42.6. The molecule has 3 aliphatic rings. The van der Waals surface area contributed by atoms with Crippen molar-refractivity contribution in [2.75, 3.05) is 18.5 Å². The van der Waals surface area contributed by atoms with Crippen molar-refractivity contribution < 1.29 is 19.5 Å². The van der Waals surface area contributed by atoms with Crippen LogP contribution in [-0.2, 0) is 20.9 Å². The minimum Gasteiger partial charge on any atom is -0.395 e. The van der Waals surface area contributed by atoms with Crippen molar-refractivity contribution in [3.8, 4) is 0 Å². The minimum atomic E-state index is -0.810. The zero-order valence-electron chi connectivity index (χ0n) is 20.2. The van der Waals surface area contributed by atoms with Crippen molar-refractivity contribution in [2.24, 2.45) is 17.8 Å². The Morgan fingerprint density at radius 1 is 1.17 bits per heavy atom. The number of amides is 3. The lowest BCUT2D eigenvalue weighted by molar-refractivity contribution is -0.140. The molecule has 2 bridgehead atoms. The van der Waals surface area contributed by atoms with E-state index in [0.29, 0.717) is 17.3 Å². The number of halogens is 1. The fraction of sp³-hybridized carbons (Fsp3) is 0.444. The van der Waals surface area contributed by atoms with Crippen LogP contribution in [0.5, 0.6) is 0 Å². The van der Waals surface area contributed by atoms with E-state index in [4.69, 9.17) is 11.6 Å². The van der Waals surface area contributed by atoms with Crippen LogP contribution in [0.4, 0.5) is 5.69 Å². The topological polar surface area (TPSA) is 98.7 Å². The van der Waals surface area contributed by atoms with E-state index in [1.54, 1.807) is 17.8 Å². The summed E-state index contributed by atoms with van der Waals surface area (Å²) < 4.78 is -0.745. The van der Waals surface area contributed by atoms with Crippen LogP contribution in [0, 0.1) is 24.7 Å². The number of hydrogen-bond acceptors (Lipinski definition) is 5. The van der Waals surface area contributed by atoms with Crippen molar-refractivity contribution in [1.29, 1.82) is 0 Å². The molecule has 3 amide bonds. The highest BCUT2D eigenvalue weighted by Gasteiger charge is 2.75. The van der Waals surface area contributed by atoms with E-state index in [2.05, 4.69) is 17.6 Å². The molecule has 36 heavy (non-hydrogen) atoms. The number of hydrogen-bond donors (Lipinski definition) is 3. The molecule has 0 aromatic heterocycles. The highest BCUT2D eigenvalue weighted by molar-refractivity contribution is 8.02. The van der Waals surface area contributed by atoms with E-state index in [0.717, 1.165) is 17.5 Å². The summed E-state index contributed by atoms with van der Waals surface area (Å²) in [6.45, 7) is 4.07. The van der Waals surface area contributed by atoms with E-state index >= 15 is 0 Å². The van der Waals surface area contributed by atoms with Crippen molar-refractivity contribution in [3.63, 3.8) is 0 Å². The number of likely N-dealkylation sites (tertiary alicyclic amines) is 1. The monoisotopic (exact) mass is 527 g/mol. The standard InChI is InChI=1S/C27H30ClN3O4S/c1-15-7-6-10-18(28)22(15)30-25(34)23-27-16(2)13-19(36-27)20(21(27)26(35)31(23)11-12-32)24(33)29-14-17-8-4-3-5-9-17/h3-10,16,19-21,23,32H,11-14H2,1-2H3,(H,29,33)(H,30,34)/t16?,19-,20+,21-,23?,27?/m0/s1. The number of β-amino-alcohol motifs (C(OH)–C–C–N with tert-alkyl or cyclic N) is 1. The summed E-state index contributed by atoms with van der Waals surface area (Å²) in [5, 5.41) is 16.1. The lowest BCUT2D eigenvalue weighted by atomic mass is 9.66. The molecule has 2 aromatic rings. The number of para-hydroxylation sites is 1. The number of aliphatic hydroxyl groups is 1. The quantitative estimate of drug-likeness (QED) is 0.513. The fourth-order valence-corrected chi connectivity index (χ4v) is 9.04. The Morgan fingerprint density at radius 2 is 1.92 bits per heavy atom. The molecule has 3 saturated heterocycles. The number of fused-ring (bicyclic) bond motifs is 1. The molecular weight excluding hydrogens is 498 g/mol. The number of aliphatic hydroxyl groups excluding tert-OH is 1. The largest absolute Gasteiger partial charge is 0.395 e. The Morgan fingerprint density at radius 3 is 2.61 bits per heavy atom. The summed E-state index contributed by atoms with van der Waals surface area (Å²) in [7, 11) is 0. The van der Waals surface area contributed by atoms with Gasteiger partial charge in [0.25, 0.3) is 0 Å². The first-order chi connectivity index (χ1) is 17.3. The Hall–Kier alpha value is -2.55. The Balaban J connectivity index is 1.46. The SMILES string of the molecule is Cc1cccc(Cl)c1NC(=O)C1N(CCO)C(=O)[C@@H]2[C@H](C(=O)NCc3ccccc3)[C@@H]3CC(C)C12S3. The highest BCUT2D eigenvalue weighted by Crippen LogP contribution is 2.68. The van der Waals surface area contributed by atoms with Gasteiger partial charge in [0.05, 0.1) is 33.9 Å². The van der Waals surface area contributed by atoms with Crippen molar-refractivity contribution in [2.45, 2.75) is 42.9 Å². The van der Waals surface area contributed by atoms with E-state index < -0.39 is 22.6 Å². The fourth-order valence-electron chi connectivity index (χ4n) is 6.35. The molecule has 3 N–H and O–H groups in total. The summed E-state index contributed by atoms with van der Waals surface area (Å²) in [5.41, 5.74) is 2.32. The molecule has 9 heteroatoms. The van der Waals surface area contributed by atoms with Gasteiger partial charge in [0.1, 0.15) is 6.04 Å². The Labute approximate surface area is 220 Å². The number of anilines is 1. The lowest BCUT2D eigenvalue weighted by Crippen LogP contribution is -2.55. The van der Waals surface area contributed by atoms with Gasteiger partial charge in [-0.2, -0.15) is 0 Å². The van der Waals surface area contributed by atoms with Crippen LogP contribution in [0.15, 0.2) is 48.5 Å². The number of benzene rings is 2. The summed E-state index contributed by atoms with van der Waals surface area (Å²) in [6, 6.07) is 14.2. The number of thioether (sulfide) groups is 1. The predicted octanol–water partition coefficient (Wildman–Crippen LogP) is 3.23. The van der Waals surface area contributed by atoms with Crippen molar-refractivity contribution >= 4 is 46.8 Å². The molecule has 0 aliphatic carbocycles. The first-order valence-electron chi connectivity index (χ1n) is 12.3. The summed E-state index contributed by atoms with van der Waals surface area (Å²) in [5.74, 6) is -1.82. The minimum absolute atomic E-state index is 0.0347. The highest BCUT2D eigenvalue weighted by atomic mass is 35.5. The molecule has 1 spiro atoms. The molecule has 0 saturated carbocycles. The van der Waals surface area contributed by atoms with Gasteiger partial charge in [0.15, 0.2) is 0 Å². The van der Waals surface area contributed by atoms with Gasteiger partial charge in [-0.25, -0.2) is 0 Å². The maximum absolute atomic E-state index is 13.8. The number of carbonyl (C=O) groups excluding carboxylic acids is 3. The molecule has 6 atom stereocenters. The third kappa shape index (κ3) is 3.90. The molecule has 3 aliphatic heterocycles. The maximum atomic E-state index is 13.8. The second kappa shape index (κ2) is 9.72.